The van der Waals surface area contributed by atoms with E-state index in [4.69, 9.17) is 14.6 Å². The van der Waals surface area contributed by atoms with Crippen LogP contribution in [0, 0.1) is 13.8 Å². The molecule has 5 heteroatoms. The molecule has 0 unspecified atom stereocenters. The van der Waals surface area contributed by atoms with E-state index in [1.807, 2.05) is 36.4 Å². The lowest BCUT2D eigenvalue weighted by Gasteiger charge is -2.11. The summed E-state index contributed by atoms with van der Waals surface area (Å²) in [6, 6.07) is 11.6. The number of carboxylic acid groups (broad SMARTS) is 1. The van der Waals surface area contributed by atoms with Crippen LogP contribution in [0.2, 0.25) is 0 Å². The SMILES string of the molecule is Cc1ccc(OCCOc2ccc(CCC(=O)O)cc2Br)cc1C. The van der Waals surface area contributed by atoms with Crippen LogP contribution in [0.1, 0.15) is 23.1 Å². The molecule has 0 heterocycles. The predicted molar refractivity (Wildman–Crippen MR) is 97.0 cm³/mol. The fourth-order valence-corrected chi connectivity index (χ4v) is 2.72. The van der Waals surface area contributed by atoms with Crippen LogP contribution in [0.4, 0.5) is 0 Å². The average Bonchev–Trinajstić information content (AvgIpc) is 2.54. The highest BCUT2D eigenvalue weighted by Gasteiger charge is 2.05. The minimum Gasteiger partial charge on any atom is -0.490 e. The summed E-state index contributed by atoms with van der Waals surface area (Å²) in [7, 11) is 0. The Balaban J connectivity index is 1.81. The van der Waals surface area contributed by atoms with Crippen LogP contribution in [0.15, 0.2) is 40.9 Å². The maximum atomic E-state index is 10.6. The molecule has 0 saturated heterocycles. The summed E-state index contributed by atoms with van der Waals surface area (Å²) in [5, 5.41) is 8.72. The minimum absolute atomic E-state index is 0.121. The van der Waals surface area contributed by atoms with Gasteiger partial charge in [0.25, 0.3) is 0 Å². The zero-order chi connectivity index (χ0) is 17.5. The van der Waals surface area contributed by atoms with Gasteiger partial charge in [0.15, 0.2) is 0 Å². The second-order valence-electron chi connectivity index (χ2n) is 5.60. The summed E-state index contributed by atoms with van der Waals surface area (Å²) in [5.41, 5.74) is 3.40. The molecule has 0 radical (unpaired) electrons. The third kappa shape index (κ3) is 5.57. The molecule has 0 fully saturated rings. The van der Waals surface area contributed by atoms with E-state index < -0.39 is 5.97 Å². The Morgan fingerprint density at radius 3 is 2.46 bits per heavy atom. The van der Waals surface area contributed by atoms with Crippen molar-refractivity contribution in [2.45, 2.75) is 26.7 Å². The Morgan fingerprint density at radius 1 is 1.04 bits per heavy atom. The molecule has 4 nitrogen and oxygen atoms in total. The molecule has 0 amide bonds. The monoisotopic (exact) mass is 392 g/mol. The Labute approximate surface area is 150 Å². The highest BCUT2D eigenvalue weighted by Crippen LogP contribution is 2.26. The topological polar surface area (TPSA) is 55.8 Å². The van der Waals surface area contributed by atoms with E-state index in [0.717, 1.165) is 21.5 Å². The Morgan fingerprint density at radius 2 is 1.79 bits per heavy atom. The first-order chi connectivity index (χ1) is 11.5. The molecule has 0 aliphatic carbocycles. The lowest BCUT2D eigenvalue weighted by Crippen LogP contribution is -2.09. The normalized spacial score (nSPS) is 10.5. The zero-order valence-corrected chi connectivity index (χ0v) is 15.4. The van der Waals surface area contributed by atoms with E-state index in [9.17, 15) is 4.79 Å². The van der Waals surface area contributed by atoms with Crippen LogP contribution < -0.4 is 9.47 Å². The first kappa shape index (κ1) is 18.3. The van der Waals surface area contributed by atoms with E-state index in [1.54, 1.807) is 0 Å². The third-order valence-electron chi connectivity index (χ3n) is 3.71. The number of aryl methyl sites for hydroxylation is 3. The lowest BCUT2D eigenvalue weighted by molar-refractivity contribution is -0.136. The van der Waals surface area contributed by atoms with Gasteiger partial charge in [-0.05, 0) is 77.2 Å². The van der Waals surface area contributed by atoms with Gasteiger partial charge in [0.05, 0.1) is 4.47 Å². The molecule has 2 aromatic rings. The van der Waals surface area contributed by atoms with Gasteiger partial charge in [-0.1, -0.05) is 12.1 Å². The number of hydrogen-bond acceptors (Lipinski definition) is 3. The van der Waals surface area contributed by atoms with Gasteiger partial charge in [0, 0.05) is 6.42 Å². The van der Waals surface area contributed by atoms with Crippen LogP contribution in [-0.4, -0.2) is 24.3 Å². The standard InChI is InChI=1S/C19H21BrO4/c1-13-3-6-16(11-14(13)2)23-9-10-24-18-7-4-15(12-17(18)20)5-8-19(21)22/h3-4,6-7,11-12H,5,8-10H2,1-2H3,(H,21,22). The van der Waals surface area contributed by atoms with E-state index in [-0.39, 0.29) is 6.42 Å². The van der Waals surface area contributed by atoms with Gasteiger partial charge in [-0.25, -0.2) is 0 Å². The molecular weight excluding hydrogens is 372 g/mol. The van der Waals surface area contributed by atoms with Gasteiger partial charge in [0.1, 0.15) is 24.7 Å². The number of ether oxygens (including phenoxy) is 2. The molecular formula is C19H21BrO4. The lowest BCUT2D eigenvalue weighted by atomic mass is 10.1. The number of aliphatic carboxylic acids is 1. The molecule has 24 heavy (non-hydrogen) atoms. The van der Waals surface area contributed by atoms with Gasteiger partial charge in [-0.15, -0.1) is 0 Å². The largest absolute Gasteiger partial charge is 0.490 e. The molecule has 1 N–H and O–H groups in total. The molecule has 0 bridgehead atoms. The van der Waals surface area contributed by atoms with Crippen molar-refractivity contribution in [1.29, 1.82) is 0 Å². The van der Waals surface area contributed by atoms with Crippen LogP contribution in [0.3, 0.4) is 0 Å². The van der Waals surface area contributed by atoms with Gasteiger partial charge in [-0.2, -0.15) is 0 Å². The fraction of sp³-hybridized carbons (Fsp3) is 0.316. The van der Waals surface area contributed by atoms with E-state index >= 15 is 0 Å². The van der Waals surface area contributed by atoms with Gasteiger partial charge in [0.2, 0.25) is 0 Å². The van der Waals surface area contributed by atoms with Crippen molar-refractivity contribution in [3.05, 3.63) is 57.6 Å². The first-order valence-corrected chi connectivity index (χ1v) is 8.58. The van der Waals surface area contributed by atoms with Gasteiger partial charge < -0.3 is 14.6 Å². The van der Waals surface area contributed by atoms with Gasteiger partial charge >= 0.3 is 5.97 Å². The first-order valence-electron chi connectivity index (χ1n) is 7.79. The van der Waals surface area contributed by atoms with Crippen molar-refractivity contribution in [1.82, 2.24) is 0 Å². The molecule has 0 aromatic heterocycles. The maximum Gasteiger partial charge on any atom is 0.303 e. The summed E-state index contributed by atoms with van der Waals surface area (Å²) in [4.78, 5) is 10.6. The number of halogens is 1. The van der Waals surface area contributed by atoms with Crippen LogP contribution in [0.25, 0.3) is 0 Å². The molecule has 0 spiro atoms. The summed E-state index contributed by atoms with van der Waals surface area (Å²) >= 11 is 3.46. The molecule has 0 aliphatic heterocycles. The third-order valence-corrected chi connectivity index (χ3v) is 4.33. The highest BCUT2D eigenvalue weighted by atomic mass is 79.9. The van der Waals surface area contributed by atoms with Crippen LogP contribution in [0.5, 0.6) is 11.5 Å². The quantitative estimate of drug-likeness (QED) is 0.669. The minimum atomic E-state index is -0.796. The summed E-state index contributed by atoms with van der Waals surface area (Å²) in [6.07, 6.45) is 0.626. The number of benzene rings is 2. The smallest absolute Gasteiger partial charge is 0.303 e. The summed E-state index contributed by atoms with van der Waals surface area (Å²) < 4.78 is 12.2. The molecule has 0 aliphatic rings. The highest BCUT2D eigenvalue weighted by molar-refractivity contribution is 9.10. The Bertz CT molecular complexity index is 713. The second-order valence-corrected chi connectivity index (χ2v) is 6.46. The van der Waals surface area contributed by atoms with Crippen molar-refractivity contribution in [3.8, 4) is 11.5 Å². The number of rotatable bonds is 8. The van der Waals surface area contributed by atoms with Crippen LogP contribution in [-0.2, 0) is 11.2 Å². The molecule has 2 rings (SSSR count). The number of hydrogen-bond donors (Lipinski definition) is 1. The van der Waals surface area contributed by atoms with Gasteiger partial charge in [-0.3, -0.25) is 4.79 Å². The van der Waals surface area contributed by atoms with Crippen molar-refractivity contribution in [2.24, 2.45) is 0 Å². The van der Waals surface area contributed by atoms with Crippen molar-refractivity contribution >= 4 is 21.9 Å². The van der Waals surface area contributed by atoms with E-state index in [2.05, 4.69) is 29.8 Å². The molecule has 0 saturated carbocycles. The second kappa shape index (κ2) is 8.73. The zero-order valence-electron chi connectivity index (χ0n) is 13.8. The molecule has 128 valence electrons. The number of carboxylic acids is 1. The van der Waals surface area contributed by atoms with Crippen molar-refractivity contribution < 1.29 is 19.4 Å². The average molecular weight is 393 g/mol. The Kier molecular flexibility index (Phi) is 6.67. The van der Waals surface area contributed by atoms with Crippen molar-refractivity contribution in [2.75, 3.05) is 13.2 Å². The maximum absolute atomic E-state index is 10.6. The fourth-order valence-electron chi connectivity index (χ4n) is 2.18. The molecule has 2 aromatic carbocycles. The summed E-state index contributed by atoms with van der Waals surface area (Å²) in [6.45, 7) is 5.01. The predicted octanol–water partition coefficient (Wildman–Crippen LogP) is 4.54. The van der Waals surface area contributed by atoms with E-state index in [0.29, 0.717) is 19.6 Å². The molecule has 0 atom stereocenters. The summed E-state index contributed by atoms with van der Waals surface area (Å²) in [5.74, 6) is 0.762. The Hall–Kier alpha value is -2.01. The number of carbonyl (C=O) groups is 1. The van der Waals surface area contributed by atoms with Crippen molar-refractivity contribution in [3.63, 3.8) is 0 Å². The van der Waals surface area contributed by atoms with E-state index in [1.165, 1.54) is 11.1 Å². The van der Waals surface area contributed by atoms with Crippen LogP contribution >= 0.6 is 15.9 Å².